The fourth-order valence-corrected chi connectivity index (χ4v) is 2.60. The lowest BCUT2D eigenvalue weighted by Gasteiger charge is -2.30. The molecule has 1 aliphatic heterocycles. The van der Waals surface area contributed by atoms with Crippen molar-refractivity contribution < 1.29 is 9.59 Å². The Hall–Kier alpha value is -2.04. The number of carbonyl (C=O) groups is 2. The second kappa shape index (κ2) is 7.11. The molecule has 0 spiro atoms. The molecular formula is C16H23N3O2. The fraction of sp³-hybridized carbons (Fsp3) is 0.500. The number of piperidine rings is 1. The SMILES string of the molecule is CCCc1ccccc1NC(=O)N[C@@H]1CCC(=O)N(C)C1. The normalized spacial score (nSPS) is 18.5. The van der Waals surface area contributed by atoms with Crippen molar-refractivity contribution >= 4 is 17.6 Å². The van der Waals surface area contributed by atoms with Gasteiger partial charge in [-0.15, -0.1) is 0 Å². The molecule has 2 N–H and O–H groups in total. The van der Waals surface area contributed by atoms with Crippen molar-refractivity contribution in [1.82, 2.24) is 10.2 Å². The highest BCUT2D eigenvalue weighted by Crippen LogP contribution is 2.17. The minimum atomic E-state index is -0.202. The van der Waals surface area contributed by atoms with Crippen LogP contribution in [0, 0.1) is 0 Å². The number of nitrogens with one attached hydrogen (secondary N) is 2. The minimum absolute atomic E-state index is 0.0195. The first kappa shape index (κ1) is 15.4. The molecule has 1 atom stereocenters. The Bertz CT molecular complexity index is 516. The van der Waals surface area contributed by atoms with Gasteiger partial charge < -0.3 is 15.5 Å². The van der Waals surface area contributed by atoms with E-state index in [-0.39, 0.29) is 18.0 Å². The molecule has 5 nitrogen and oxygen atoms in total. The molecule has 5 heteroatoms. The molecule has 1 saturated heterocycles. The van der Waals surface area contributed by atoms with Gasteiger partial charge in [0, 0.05) is 31.7 Å². The Labute approximate surface area is 125 Å². The molecule has 21 heavy (non-hydrogen) atoms. The summed E-state index contributed by atoms with van der Waals surface area (Å²) in [6.07, 6.45) is 3.17. The van der Waals surface area contributed by atoms with Crippen LogP contribution in [0.5, 0.6) is 0 Å². The van der Waals surface area contributed by atoms with Crippen LogP contribution in [-0.4, -0.2) is 36.5 Å². The van der Waals surface area contributed by atoms with E-state index in [4.69, 9.17) is 0 Å². The number of likely N-dealkylation sites (tertiary alicyclic amines) is 1. The number of rotatable bonds is 4. The zero-order chi connectivity index (χ0) is 15.2. The molecule has 114 valence electrons. The largest absolute Gasteiger partial charge is 0.344 e. The number of aryl methyl sites for hydroxylation is 1. The van der Waals surface area contributed by atoms with Crippen molar-refractivity contribution in [2.75, 3.05) is 18.9 Å². The van der Waals surface area contributed by atoms with Gasteiger partial charge in [-0.05, 0) is 24.5 Å². The van der Waals surface area contributed by atoms with Crippen LogP contribution in [0.1, 0.15) is 31.7 Å². The molecule has 0 saturated carbocycles. The zero-order valence-corrected chi connectivity index (χ0v) is 12.7. The number of hydrogen-bond acceptors (Lipinski definition) is 2. The number of likely N-dealkylation sites (N-methyl/N-ethyl adjacent to an activating group) is 1. The van der Waals surface area contributed by atoms with E-state index in [1.54, 1.807) is 11.9 Å². The molecule has 2 rings (SSSR count). The highest BCUT2D eigenvalue weighted by molar-refractivity contribution is 5.90. The molecule has 0 unspecified atom stereocenters. The predicted molar refractivity (Wildman–Crippen MR) is 83.3 cm³/mol. The third-order valence-electron chi connectivity index (χ3n) is 3.75. The number of nitrogens with zero attached hydrogens (tertiary/aromatic N) is 1. The number of benzene rings is 1. The lowest BCUT2D eigenvalue weighted by Crippen LogP contribution is -2.49. The molecule has 1 aromatic carbocycles. The van der Waals surface area contributed by atoms with Crippen LogP contribution in [0.15, 0.2) is 24.3 Å². The van der Waals surface area contributed by atoms with Crippen molar-refractivity contribution in [3.05, 3.63) is 29.8 Å². The number of amides is 3. The van der Waals surface area contributed by atoms with Crippen LogP contribution in [0.2, 0.25) is 0 Å². The molecule has 0 aromatic heterocycles. The molecule has 1 fully saturated rings. The van der Waals surface area contributed by atoms with Crippen LogP contribution in [0.3, 0.4) is 0 Å². The summed E-state index contributed by atoms with van der Waals surface area (Å²) in [6, 6.07) is 7.67. The summed E-state index contributed by atoms with van der Waals surface area (Å²) < 4.78 is 0. The van der Waals surface area contributed by atoms with E-state index in [9.17, 15) is 9.59 Å². The van der Waals surface area contributed by atoms with E-state index in [1.807, 2.05) is 24.3 Å². The quantitative estimate of drug-likeness (QED) is 0.894. The summed E-state index contributed by atoms with van der Waals surface area (Å²) in [5.74, 6) is 0.141. The molecule has 0 radical (unpaired) electrons. The van der Waals surface area contributed by atoms with Gasteiger partial charge in [-0.3, -0.25) is 4.79 Å². The lowest BCUT2D eigenvalue weighted by molar-refractivity contribution is -0.132. The summed E-state index contributed by atoms with van der Waals surface area (Å²) in [5, 5.41) is 5.86. The maximum Gasteiger partial charge on any atom is 0.319 e. The molecule has 3 amide bonds. The van der Waals surface area contributed by atoms with Crippen LogP contribution >= 0.6 is 0 Å². The molecule has 0 bridgehead atoms. The third-order valence-corrected chi connectivity index (χ3v) is 3.75. The maximum atomic E-state index is 12.1. The van der Waals surface area contributed by atoms with Crippen LogP contribution in [-0.2, 0) is 11.2 Å². The average Bonchev–Trinajstić information content (AvgIpc) is 2.45. The first-order chi connectivity index (χ1) is 10.1. The second-order valence-electron chi connectivity index (χ2n) is 5.52. The Balaban J connectivity index is 1.91. The van der Waals surface area contributed by atoms with E-state index in [0.29, 0.717) is 19.4 Å². The number of hydrogen-bond donors (Lipinski definition) is 2. The monoisotopic (exact) mass is 289 g/mol. The number of carbonyl (C=O) groups excluding carboxylic acids is 2. The molecule has 1 aliphatic rings. The van der Waals surface area contributed by atoms with Crippen molar-refractivity contribution in [2.24, 2.45) is 0 Å². The van der Waals surface area contributed by atoms with Gasteiger partial charge in [0.25, 0.3) is 0 Å². The highest BCUT2D eigenvalue weighted by Gasteiger charge is 2.24. The predicted octanol–water partition coefficient (Wildman–Crippen LogP) is 2.38. The maximum absolute atomic E-state index is 12.1. The Morgan fingerprint density at radius 2 is 2.14 bits per heavy atom. The highest BCUT2D eigenvalue weighted by atomic mass is 16.2. The summed E-state index contributed by atoms with van der Waals surface area (Å²) in [6.45, 7) is 2.69. The van der Waals surface area contributed by atoms with E-state index in [1.165, 1.54) is 0 Å². The van der Waals surface area contributed by atoms with E-state index in [0.717, 1.165) is 24.1 Å². The Morgan fingerprint density at radius 1 is 1.38 bits per heavy atom. The Kier molecular flexibility index (Phi) is 5.20. The van der Waals surface area contributed by atoms with Gasteiger partial charge in [0.1, 0.15) is 0 Å². The molecular weight excluding hydrogens is 266 g/mol. The summed E-state index contributed by atoms with van der Waals surface area (Å²) in [5.41, 5.74) is 2.00. The van der Waals surface area contributed by atoms with Crippen molar-refractivity contribution in [1.29, 1.82) is 0 Å². The lowest BCUT2D eigenvalue weighted by atomic mass is 10.1. The van der Waals surface area contributed by atoms with Crippen LogP contribution in [0.4, 0.5) is 10.5 Å². The summed E-state index contributed by atoms with van der Waals surface area (Å²) in [4.78, 5) is 25.2. The van der Waals surface area contributed by atoms with Crippen molar-refractivity contribution in [2.45, 2.75) is 38.6 Å². The first-order valence-corrected chi connectivity index (χ1v) is 7.49. The van der Waals surface area contributed by atoms with Crippen LogP contribution in [0.25, 0.3) is 0 Å². The molecule has 1 heterocycles. The van der Waals surface area contributed by atoms with Gasteiger partial charge >= 0.3 is 6.03 Å². The first-order valence-electron chi connectivity index (χ1n) is 7.49. The third kappa shape index (κ3) is 4.21. The van der Waals surface area contributed by atoms with E-state index >= 15 is 0 Å². The molecule has 0 aliphatic carbocycles. The van der Waals surface area contributed by atoms with Gasteiger partial charge in [0.05, 0.1) is 0 Å². The van der Waals surface area contributed by atoms with Gasteiger partial charge in [-0.1, -0.05) is 31.5 Å². The number of urea groups is 1. The summed E-state index contributed by atoms with van der Waals surface area (Å²) in [7, 11) is 1.77. The van der Waals surface area contributed by atoms with Crippen LogP contribution < -0.4 is 10.6 Å². The second-order valence-corrected chi connectivity index (χ2v) is 5.52. The van der Waals surface area contributed by atoms with Crippen molar-refractivity contribution in [3.63, 3.8) is 0 Å². The Morgan fingerprint density at radius 3 is 2.86 bits per heavy atom. The molecule has 1 aromatic rings. The summed E-state index contributed by atoms with van der Waals surface area (Å²) >= 11 is 0. The standard InChI is InChI=1S/C16H23N3O2/c1-3-6-12-7-4-5-8-14(12)18-16(21)17-13-9-10-15(20)19(2)11-13/h4-5,7-8,13H,3,6,9-11H2,1-2H3,(H2,17,18,21)/t13-/m1/s1. The fourth-order valence-electron chi connectivity index (χ4n) is 2.60. The smallest absolute Gasteiger partial charge is 0.319 e. The van der Waals surface area contributed by atoms with Gasteiger partial charge in [0.15, 0.2) is 0 Å². The van der Waals surface area contributed by atoms with Crippen molar-refractivity contribution in [3.8, 4) is 0 Å². The van der Waals surface area contributed by atoms with E-state index < -0.39 is 0 Å². The zero-order valence-electron chi connectivity index (χ0n) is 12.7. The minimum Gasteiger partial charge on any atom is -0.344 e. The average molecular weight is 289 g/mol. The van der Waals surface area contributed by atoms with E-state index in [2.05, 4.69) is 17.6 Å². The number of para-hydroxylation sites is 1. The van der Waals surface area contributed by atoms with Gasteiger partial charge in [0.2, 0.25) is 5.91 Å². The van der Waals surface area contributed by atoms with Gasteiger partial charge in [-0.25, -0.2) is 4.79 Å². The van der Waals surface area contributed by atoms with Gasteiger partial charge in [-0.2, -0.15) is 0 Å². The topological polar surface area (TPSA) is 61.4 Å². The number of anilines is 1.